The normalized spacial score (nSPS) is 13.0. The summed E-state index contributed by atoms with van der Waals surface area (Å²) < 4.78 is 0. The molecule has 10 heavy (non-hydrogen) atoms. The van der Waals surface area contributed by atoms with Crippen LogP contribution in [0.3, 0.4) is 0 Å². The topological polar surface area (TPSA) is 70.1 Å². The molecule has 1 unspecified atom stereocenters. The Morgan fingerprint density at radius 1 is 1.80 bits per heavy atom. The van der Waals surface area contributed by atoms with Crippen molar-refractivity contribution in [3.8, 4) is 0 Å². The fraction of sp³-hybridized carbons (Fsp3) is 0.833. The minimum Gasteiger partial charge on any atom is -0.396 e. The predicted molar refractivity (Wildman–Crippen MR) is 45.5 cm³/mol. The predicted octanol–water partition coefficient (Wildman–Crippen LogP) is 0.426. The standard InChI is InChI=1S/C6H14N2OS/c1-5(4-6(7)8)10-3-2-9/h5,9H,2-4H2,1H3,(H3,7,8). The van der Waals surface area contributed by atoms with Gasteiger partial charge in [-0.1, -0.05) is 6.92 Å². The van der Waals surface area contributed by atoms with Gasteiger partial charge in [0.05, 0.1) is 12.4 Å². The van der Waals surface area contributed by atoms with Crippen LogP contribution in [0, 0.1) is 5.41 Å². The lowest BCUT2D eigenvalue weighted by molar-refractivity contribution is 0.322. The first-order valence-corrected chi connectivity index (χ1v) is 4.27. The maximum Gasteiger partial charge on any atom is 0.0916 e. The smallest absolute Gasteiger partial charge is 0.0916 e. The lowest BCUT2D eigenvalue weighted by Crippen LogP contribution is -2.15. The molecule has 0 heterocycles. The zero-order chi connectivity index (χ0) is 7.98. The number of hydrogen-bond donors (Lipinski definition) is 3. The summed E-state index contributed by atoms with van der Waals surface area (Å²) in [5.74, 6) is 0.951. The van der Waals surface area contributed by atoms with E-state index in [1.807, 2.05) is 6.92 Å². The highest BCUT2D eigenvalue weighted by Crippen LogP contribution is 2.12. The van der Waals surface area contributed by atoms with Crippen molar-refractivity contribution in [2.24, 2.45) is 5.73 Å². The van der Waals surface area contributed by atoms with Crippen molar-refractivity contribution in [3.05, 3.63) is 0 Å². The number of aliphatic hydroxyl groups excluding tert-OH is 1. The third-order valence-electron chi connectivity index (χ3n) is 1.00. The van der Waals surface area contributed by atoms with E-state index in [1.54, 1.807) is 11.8 Å². The molecule has 0 aliphatic rings. The van der Waals surface area contributed by atoms with Crippen molar-refractivity contribution < 1.29 is 5.11 Å². The van der Waals surface area contributed by atoms with Gasteiger partial charge in [-0.05, 0) is 0 Å². The number of rotatable bonds is 5. The fourth-order valence-electron chi connectivity index (χ4n) is 0.623. The summed E-state index contributed by atoms with van der Waals surface area (Å²) in [6, 6.07) is 0. The van der Waals surface area contributed by atoms with E-state index in [1.165, 1.54) is 0 Å². The van der Waals surface area contributed by atoms with E-state index >= 15 is 0 Å². The lowest BCUT2D eigenvalue weighted by Gasteiger charge is -2.07. The molecular weight excluding hydrogens is 148 g/mol. The van der Waals surface area contributed by atoms with Crippen LogP contribution in [0.25, 0.3) is 0 Å². The van der Waals surface area contributed by atoms with Crippen LogP contribution < -0.4 is 5.73 Å². The summed E-state index contributed by atoms with van der Waals surface area (Å²) in [7, 11) is 0. The number of hydrogen-bond acceptors (Lipinski definition) is 3. The molecule has 0 amide bonds. The zero-order valence-corrected chi connectivity index (χ0v) is 6.95. The summed E-state index contributed by atoms with van der Waals surface area (Å²) in [6.07, 6.45) is 0.616. The Kier molecular flexibility index (Phi) is 5.43. The summed E-state index contributed by atoms with van der Waals surface area (Å²) in [5.41, 5.74) is 5.17. The Balaban J connectivity index is 3.25. The summed E-state index contributed by atoms with van der Waals surface area (Å²) >= 11 is 1.63. The van der Waals surface area contributed by atoms with Gasteiger partial charge < -0.3 is 10.8 Å². The second-order valence-electron chi connectivity index (χ2n) is 2.13. The van der Waals surface area contributed by atoms with Crippen LogP contribution in [0.15, 0.2) is 0 Å². The molecular formula is C6H14N2OS. The summed E-state index contributed by atoms with van der Waals surface area (Å²) in [6.45, 7) is 2.20. The Morgan fingerprint density at radius 3 is 2.80 bits per heavy atom. The maximum absolute atomic E-state index is 8.44. The molecule has 0 saturated carbocycles. The van der Waals surface area contributed by atoms with E-state index in [-0.39, 0.29) is 12.4 Å². The lowest BCUT2D eigenvalue weighted by atomic mass is 10.3. The number of amidine groups is 1. The number of nitrogens with one attached hydrogen (secondary N) is 1. The third kappa shape index (κ3) is 5.91. The van der Waals surface area contributed by atoms with Crippen molar-refractivity contribution >= 4 is 17.6 Å². The van der Waals surface area contributed by atoms with Gasteiger partial charge in [-0.15, -0.1) is 0 Å². The highest BCUT2D eigenvalue weighted by Gasteiger charge is 2.02. The van der Waals surface area contributed by atoms with Crippen LogP contribution in [0.5, 0.6) is 0 Å². The molecule has 0 fully saturated rings. The summed E-state index contributed by atoms with van der Waals surface area (Å²) in [5, 5.41) is 15.8. The molecule has 0 aliphatic heterocycles. The summed E-state index contributed by atoms with van der Waals surface area (Å²) in [4.78, 5) is 0. The third-order valence-corrected chi connectivity index (χ3v) is 2.16. The minimum absolute atomic E-state index is 0.201. The second-order valence-corrected chi connectivity index (χ2v) is 3.68. The van der Waals surface area contributed by atoms with Crippen LogP contribution in [0.4, 0.5) is 0 Å². The zero-order valence-electron chi connectivity index (χ0n) is 6.13. The quantitative estimate of drug-likeness (QED) is 0.405. The van der Waals surface area contributed by atoms with Crippen LogP contribution in [0.2, 0.25) is 0 Å². The van der Waals surface area contributed by atoms with E-state index in [4.69, 9.17) is 16.2 Å². The second kappa shape index (κ2) is 5.56. The first-order chi connectivity index (χ1) is 4.66. The van der Waals surface area contributed by atoms with Crippen molar-refractivity contribution in [2.75, 3.05) is 12.4 Å². The Hall–Kier alpha value is -0.220. The van der Waals surface area contributed by atoms with Gasteiger partial charge in [0, 0.05) is 17.4 Å². The molecule has 0 bridgehead atoms. The van der Waals surface area contributed by atoms with Crippen molar-refractivity contribution in [1.29, 1.82) is 5.41 Å². The SMILES string of the molecule is CC(CC(=N)N)SCCO. The van der Waals surface area contributed by atoms with Crippen LogP contribution >= 0.6 is 11.8 Å². The Morgan fingerprint density at radius 2 is 2.40 bits per heavy atom. The van der Waals surface area contributed by atoms with E-state index in [0.29, 0.717) is 11.7 Å². The van der Waals surface area contributed by atoms with Crippen LogP contribution in [-0.2, 0) is 0 Å². The monoisotopic (exact) mass is 162 g/mol. The number of nitrogens with two attached hydrogens (primary N) is 1. The molecule has 0 aromatic heterocycles. The molecule has 0 spiro atoms. The van der Waals surface area contributed by atoms with Crippen molar-refractivity contribution in [1.82, 2.24) is 0 Å². The molecule has 60 valence electrons. The Labute approximate surface area is 65.5 Å². The molecule has 0 saturated heterocycles. The molecule has 1 atom stereocenters. The Bertz CT molecular complexity index is 108. The molecule has 3 nitrogen and oxygen atoms in total. The molecule has 0 aliphatic carbocycles. The van der Waals surface area contributed by atoms with Crippen molar-refractivity contribution in [2.45, 2.75) is 18.6 Å². The molecule has 0 rings (SSSR count). The van der Waals surface area contributed by atoms with Crippen molar-refractivity contribution in [3.63, 3.8) is 0 Å². The largest absolute Gasteiger partial charge is 0.396 e. The first kappa shape index (κ1) is 9.78. The molecule has 0 radical (unpaired) electrons. The number of thioether (sulfide) groups is 1. The van der Waals surface area contributed by atoms with Gasteiger partial charge in [0.25, 0.3) is 0 Å². The van der Waals surface area contributed by atoms with E-state index in [9.17, 15) is 0 Å². The first-order valence-electron chi connectivity index (χ1n) is 3.22. The van der Waals surface area contributed by atoms with E-state index < -0.39 is 0 Å². The molecule has 4 heteroatoms. The molecule has 0 aromatic rings. The number of aliphatic hydroxyl groups is 1. The highest BCUT2D eigenvalue weighted by molar-refractivity contribution is 7.99. The van der Waals surface area contributed by atoms with Gasteiger partial charge in [-0.25, -0.2) is 0 Å². The minimum atomic E-state index is 0.201. The van der Waals surface area contributed by atoms with Crippen LogP contribution in [-0.4, -0.2) is 28.6 Å². The maximum atomic E-state index is 8.44. The van der Waals surface area contributed by atoms with Gasteiger partial charge in [0.15, 0.2) is 0 Å². The van der Waals surface area contributed by atoms with Gasteiger partial charge in [0.2, 0.25) is 0 Å². The highest BCUT2D eigenvalue weighted by atomic mass is 32.2. The fourth-order valence-corrected chi connectivity index (χ4v) is 1.43. The van der Waals surface area contributed by atoms with Gasteiger partial charge in [-0.2, -0.15) is 11.8 Å². The van der Waals surface area contributed by atoms with Crippen LogP contribution in [0.1, 0.15) is 13.3 Å². The van der Waals surface area contributed by atoms with Gasteiger partial charge >= 0.3 is 0 Å². The molecule has 4 N–H and O–H groups in total. The van der Waals surface area contributed by atoms with Gasteiger partial charge in [0.1, 0.15) is 0 Å². The van der Waals surface area contributed by atoms with E-state index in [2.05, 4.69) is 0 Å². The molecule has 0 aromatic carbocycles. The average molecular weight is 162 g/mol. The van der Waals surface area contributed by atoms with E-state index in [0.717, 1.165) is 5.75 Å². The average Bonchev–Trinajstić information content (AvgIpc) is 1.82. The van der Waals surface area contributed by atoms with Gasteiger partial charge in [-0.3, -0.25) is 5.41 Å².